The number of nitrogens with zero attached hydrogens (tertiary/aromatic N) is 2. The smallest absolute Gasteiger partial charge is 0.150 e. The highest BCUT2D eigenvalue weighted by Gasteiger charge is 2.26. The number of aromatic nitrogens is 2. The monoisotopic (exact) mass is 383 g/mol. The van der Waals surface area contributed by atoms with Gasteiger partial charge in [-0.15, -0.1) is 0 Å². The molecule has 1 aromatic carbocycles. The Kier molecular flexibility index (Phi) is 4.98. The van der Waals surface area contributed by atoms with E-state index in [1.54, 1.807) is 0 Å². The van der Waals surface area contributed by atoms with Crippen LogP contribution in [0.3, 0.4) is 0 Å². The summed E-state index contributed by atoms with van der Waals surface area (Å²) < 4.78 is 31.4. The molecule has 4 rings (SSSR count). The zero-order valence-corrected chi connectivity index (χ0v) is 15.8. The lowest BCUT2D eigenvalue weighted by atomic mass is 9.83. The van der Waals surface area contributed by atoms with E-state index < -0.39 is 11.6 Å². The largest absolute Gasteiger partial charge is 0.328 e. The number of nitrogens with two attached hydrogens (primary N) is 1. The summed E-state index contributed by atoms with van der Waals surface area (Å²) >= 11 is 0. The van der Waals surface area contributed by atoms with Crippen LogP contribution in [0.2, 0.25) is 0 Å². The predicted octanol–water partition coefficient (Wildman–Crippen LogP) is 4.46. The molecule has 2 heterocycles. The molecule has 4 nitrogen and oxygen atoms in total. The second kappa shape index (κ2) is 7.43. The number of rotatable bonds is 4. The SMILES string of the molecule is Cc1ccn2c(CC3CCC(N)CC3)c(-c3c(F)cc(C=O)cc3F)nc2c1. The van der Waals surface area contributed by atoms with Gasteiger partial charge in [0.05, 0.1) is 17.0 Å². The number of benzene rings is 1. The lowest BCUT2D eigenvalue weighted by Crippen LogP contribution is -2.27. The number of hydrogen-bond donors (Lipinski definition) is 1. The summed E-state index contributed by atoms with van der Waals surface area (Å²) in [6, 6.07) is 6.22. The second-order valence-corrected chi connectivity index (χ2v) is 7.80. The molecule has 6 heteroatoms. The Bertz CT molecular complexity index is 1010. The standard InChI is InChI=1S/C22H23F2N3O/c1-13-6-7-27-19(11-14-2-4-16(25)5-3-14)22(26-20(27)8-13)21-17(23)9-15(12-28)10-18(21)24/h6-10,12,14,16H,2-5,11,25H2,1H3. The van der Waals surface area contributed by atoms with Crippen molar-refractivity contribution in [2.45, 2.75) is 45.1 Å². The first-order chi connectivity index (χ1) is 13.5. The molecule has 1 fully saturated rings. The third kappa shape index (κ3) is 3.44. The lowest BCUT2D eigenvalue weighted by Gasteiger charge is -2.26. The van der Waals surface area contributed by atoms with Crippen LogP contribution >= 0.6 is 0 Å². The summed E-state index contributed by atoms with van der Waals surface area (Å²) in [5.74, 6) is -1.14. The number of halogens is 2. The summed E-state index contributed by atoms with van der Waals surface area (Å²) in [7, 11) is 0. The third-order valence-electron chi connectivity index (χ3n) is 5.69. The van der Waals surface area contributed by atoms with Gasteiger partial charge in [-0.3, -0.25) is 4.79 Å². The van der Waals surface area contributed by atoms with E-state index >= 15 is 0 Å². The highest BCUT2D eigenvalue weighted by Crippen LogP contribution is 2.34. The Morgan fingerprint density at radius 3 is 2.50 bits per heavy atom. The van der Waals surface area contributed by atoms with Crippen LogP contribution in [0.25, 0.3) is 16.9 Å². The van der Waals surface area contributed by atoms with Crippen LogP contribution in [0, 0.1) is 24.5 Å². The molecular weight excluding hydrogens is 360 g/mol. The fourth-order valence-electron chi connectivity index (χ4n) is 4.15. The maximum atomic E-state index is 14.7. The molecule has 146 valence electrons. The van der Waals surface area contributed by atoms with E-state index in [1.807, 2.05) is 29.7 Å². The molecule has 1 aliphatic rings. The van der Waals surface area contributed by atoms with Crippen molar-refractivity contribution in [1.29, 1.82) is 0 Å². The molecule has 0 radical (unpaired) electrons. The van der Waals surface area contributed by atoms with Gasteiger partial charge in [-0.1, -0.05) is 0 Å². The normalized spacial score (nSPS) is 19.9. The fraction of sp³-hybridized carbons (Fsp3) is 0.364. The minimum Gasteiger partial charge on any atom is -0.328 e. The molecule has 28 heavy (non-hydrogen) atoms. The maximum absolute atomic E-state index is 14.7. The Hall–Kier alpha value is -2.60. The van der Waals surface area contributed by atoms with Crippen molar-refractivity contribution in [1.82, 2.24) is 9.38 Å². The number of carbonyl (C=O) groups is 1. The van der Waals surface area contributed by atoms with E-state index in [1.165, 1.54) is 0 Å². The molecule has 0 unspecified atom stereocenters. The maximum Gasteiger partial charge on any atom is 0.150 e. The number of pyridine rings is 1. The fourth-order valence-corrected chi connectivity index (χ4v) is 4.15. The number of aryl methyl sites for hydroxylation is 1. The van der Waals surface area contributed by atoms with Gasteiger partial charge in [0.25, 0.3) is 0 Å². The van der Waals surface area contributed by atoms with Gasteiger partial charge in [0.1, 0.15) is 23.6 Å². The second-order valence-electron chi connectivity index (χ2n) is 7.80. The minimum atomic E-state index is -0.769. The molecule has 1 aliphatic carbocycles. The van der Waals surface area contributed by atoms with Crippen LogP contribution in [0.5, 0.6) is 0 Å². The Morgan fingerprint density at radius 2 is 1.86 bits per heavy atom. The Morgan fingerprint density at radius 1 is 1.18 bits per heavy atom. The minimum absolute atomic E-state index is 0.0267. The molecule has 0 saturated heterocycles. The van der Waals surface area contributed by atoms with Crippen LogP contribution in [-0.4, -0.2) is 21.7 Å². The van der Waals surface area contributed by atoms with Crippen molar-refractivity contribution < 1.29 is 13.6 Å². The van der Waals surface area contributed by atoms with E-state index in [4.69, 9.17) is 5.73 Å². The molecule has 0 atom stereocenters. The van der Waals surface area contributed by atoms with Gasteiger partial charge in [0.15, 0.2) is 0 Å². The van der Waals surface area contributed by atoms with Gasteiger partial charge in [-0.2, -0.15) is 0 Å². The highest BCUT2D eigenvalue weighted by atomic mass is 19.1. The van der Waals surface area contributed by atoms with Crippen molar-refractivity contribution in [3.8, 4) is 11.3 Å². The zero-order valence-electron chi connectivity index (χ0n) is 15.8. The van der Waals surface area contributed by atoms with Gasteiger partial charge in [-0.05, 0) is 74.8 Å². The van der Waals surface area contributed by atoms with Crippen molar-refractivity contribution in [3.05, 3.63) is 58.9 Å². The zero-order chi connectivity index (χ0) is 19.8. The first-order valence-corrected chi connectivity index (χ1v) is 9.64. The summed E-state index contributed by atoms with van der Waals surface area (Å²) in [5, 5.41) is 0. The first-order valence-electron chi connectivity index (χ1n) is 9.64. The van der Waals surface area contributed by atoms with Crippen LogP contribution in [0.1, 0.15) is 47.3 Å². The topological polar surface area (TPSA) is 60.4 Å². The molecule has 1 saturated carbocycles. The average molecular weight is 383 g/mol. The van der Waals surface area contributed by atoms with Crippen LogP contribution in [-0.2, 0) is 6.42 Å². The van der Waals surface area contributed by atoms with Crippen molar-refractivity contribution >= 4 is 11.9 Å². The van der Waals surface area contributed by atoms with E-state index in [9.17, 15) is 13.6 Å². The number of aldehydes is 1. The summed E-state index contributed by atoms with van der Waals surface area (Å²) in [4.78, 5) is 15.5. The molecule has 0 bridgehead atoms. The predicted molar refractivity (Wildman–Crippen MR) is 104 cm³/mol. The van der Waals surface area contributed by atoms with E-state index in [2.05, 4.69) is 4.98 Å². The number of fused-ring (bicyclic) bond motifs is 1. The molecule has 0 aliphatic heterocycles. The van der Waals surface area contributed by atoms with Crippen LogP contribution < -0.4 is 5.73 Å². The summed E-state index contributed by atoms with van der Waals surface area (Å²) in [5.41, 5.74) is 8.62. The average Bonchev–Trinajstić information content (AvgIpc) is 3.00. The Balaban J connectivity index is 1.85. The summed E-state index contributed by atoms with van der Waals surface area (Å²) in [6.07, 6.45) is 6.94. The molecule has 0 spiro atoms. The molecule has 0 amide bonds. The quantitative estimate of drug-likeness (QED) is 0.677. The van der Waals surface area contributed by atoms with E-state index in [0.29, 0.717) is 30.0 Å². The number of hydrogen-bond acceptors (Lipinski definition) is 3. The van der Waals surface area contributed by atoms with Crippen molar-refractivity contribution in [2.24, 2.45) is 11.7 Å². The molecule has 2 aromatic heterocycles. The van der Waals surface area contributed by atoms with Gasteiger partial charge in [-0.25, -0.2) is 13.8 Å². The highest BCUT2D eigenvalue weighted by molar-refractivity contribution is 5.78. The third-order valence-corrected chi connectivity index (χ3v) is 5.69. The molecule has 2 N–H and O–H groups in total. The van der Waals surface area contributed by atoms with Gasteiger partial charge < -0.3 is 10.1 Å². The van der Waals surface area contributed by atoms with Gasteiger partial charge in [0, 0.05) is 17.8 Å². The number of carbonyl (C=O) groups excluding carboxylic acids is 1. The van der Waals surface area contributed by atoms with Crippen LogP contribution in [0.4, 0.5) is 8.78 Å². The van der Waals surface area contributed by atoms with Gasteiger partial charge >= 0.3 is 0 Å². The molecular formula is C22H23F2N3O. The molecule has 3 aromatic rings. The number of imidazole rings is 1. The van der Waals surface area contributed by atoms with Crippen molar-refractivity contribution in [2.75, 3.05) is 0 Å². The lowest BCUT2D eigenvalue weighted by molar-refractivity contribution is 0.112. The van der Waals surface area contributed by atoms with Crippen molar-refractivity contribution in [3.63, 3.8) is 0 Å². The van der Waals surface area contributed by atoms with Crippen LogP contribution in [0.15, 0.2) is 30.5 Å². The van der Waals surface area contributed by atoms with E-state index in [0.717, 1.165) is 49.1 Å². The van der Waals surface area contributed by atoms with Gasteiger partial charge in [0.2, 0.25) is 0 Å². The Labute approximate surface area is 162 Å². The summed E-state index contributed by atoms with van der Waals surface area (Å²) in [6.45, 7) is 1.95. The first kappa shape index (κ1) is 18.7. The van der Waals surface area contributed by atoms with E-state index in [-0.39, 0.29) is 17.2 Å².